The van der Waals surface area contributed by atoms with Gasteiger partial charge in [0.05, 0.1) is 6.04 Å². The summed E-state index contributed by atoms with van der Waals surface area (Å²) in [4.78, 5) is 12.0. The molecule has 0 spiro atoms. The predicted octanol–water partition coefficient (Wildman–Crippen LogP) is 2.81. The van der Waals surface area contributed by atoms with Gasteiger partial charge in [0.1, 0.15) is 5.75 Å². The number of carbonyl (C=O) groups is 1. The van der Waals surface area contributed by atoms with E-state index < -0.39 is 12.4 Å². The summed E-state index contributed by atoms with van der Waals surface area (Å²) in [5.74, 6) is -0.536. The first-order valence-electron chi connectivity index (χ1n) is 7.75. The van der Waals surface area contributed by atoms with Gasteiger partial charge in [0.15, 0.2) is 0 Å². The van der Waals surface area contributed by atoms with E-state index in [0.717, 1.165) is 11.1 Å². The van der Waals surface area contributed by atoms with Gasteiger partial charge in [0.2, 0.25) is 5.91 Å². The Kier molecular flexibility index (Phi) is 6.41. The normalized spacial score (nSPS) is 12.5. The minimum absolute atomic E-state index is 0.263. The van der Waals surface area contributed by atoms with Crippen molar-refractivity contribution in [3.63, 3.8) is 0 Å². The lowest BCUT2D eigenvalue weighted by Gasteiger charge is -2.13. The fourth-order valence-electron chi connectivity index (χ4n) is 2.28. The molecule has 2 aromatic rings. The highest BCUT2D eigenvalue weighted by Gasteiger charge is 2.30. The molecule has 0 aliphatic heterocycles. The Morgan fingerprint density at radius 3 is 2.28 bits per heavy atom. The fraction of sp³-hybridized carbons (Fsp3) is 0.278. The molecule has 7 heteroatoms. The number of hydrogen-bond acceptors (Lipinski definition) is 3. The molecule has 0 fully saturated rings. The quantitative estimate of drug-likeness (QED) is 0.805. The van der Waals surface area contributed by atoms with E-state index in [0.29, 0.717) is 19.4 Å². The zero-order valence-electron chi connectivity index (χ0n) is 13.4. The molecule has 3 N–H and O–H groups in total. The van der Waals surface area contributed by atoms with Crippen molar-refractivity contribution in [2.24, 2.45) is 5.73 Å². The van der Waals surface area contributed by atoms with Crippen molar-refractivity contribution in [2.75, 3.05) is 6.54 Å². The number of nitrogens with one attached hydrogen (secondary N) is 1. The van der Waals surface area contributed by atoms with Crippen molar-refractivity contribution in [3.05, 3.63) is 65.7 Å². The number of hydrogen-bond donors (Lipinski definition) is 2. The van der Waals surface area contributed by atoms with Gasteiger partial charge in [-0.25, -0.2) is 0 Å². The molecule has 0 saturated carbocycles. The molecule has 0 saturated heterocycles. The van der Waals surface area contributed by atoms with E-state index in [-0.39, 0.29) is 11.7 Å². The third kappa shape index (κ3) is 6.84. The van der Waals surface area contributed by atoms with E-state index in [9.17, 15) is 18.0 Å². The number of nitrogens with two attached hydrogens (primary N) is 1. The first kappa shape index (κ1) is 18.8. The molecule has 0 unspecified atom stereocenters. The molecule has 0 aliphatic rings. The third-order valence-electron chi connectivity index (χ3n) is 3.51. The lowest BCUT2D eigenvalue weighted by atomic mass is 10.1. The van der Waals surface area contributed by atoms with Crippen LogP contribution in [0.15, 0.2) is 54.6 Å². The highest BCUT2D eigenvalue weighted by Crippen LogP contribution is 2.22. The van der Waals surface area contributed by atoms with Crippen molar-refractivity contribution in [2.45, 2.75) is 25.2 Å². The zero-order valence-corrected chi connectivity index (χ0v) is 13.4. The summed E-state index contributed by atoms with van der Waals surface area (Å²) in [6.07, 6.45) is -3.78. The van der Waals surface area contributed by atoms with Gasteiger partial charge in [0, 0.05) is 6.54 Å². The van der Waals surface area contributed by atoms with Crippen LogP contribution in [0.25, 0.3) is 0 Å². The second-order valence-electron chi connectivity index (χ2n) is 5.53. The van der Waals surface area contributed by atoms with Crippen LogP contribution in [-0.2, 0) is 17.6 Å². The Hall–Kier alpha value is -2.54. The maximum atomic E-state index is 12.1. The second kappa shape index (κ2) is 8.53. The average Bonchev–Trinajstić information content (AvgIpc) is 2.56. The van der Waals surface area contributed by atoms with Crippen LogP contribution in [-0.4, -0.2) is 24.9 Å². The topological polar surface area (TPSA) is 64.4 Å². The largest absolute Gasteiger partial charge is 0.573 e. The van der Waals surface area contributed by atoms with Crippen molar-refractivity contribution in [1.82, 2.24) is 5.32 Å². The van der Waals surface area contributed by atoms with Gasteiger partial charge in [-0.1, -0.05) is 42.5 Å². The molecule has 0 heterocycles. The maximum absolute atomic E-state index is 12.1. The number of amides is 1. The number of ether oxygens (including phenoxy) is 1. The molecule has 1 atom stereocenters. The summed E-state index contributed by atoms with van der Waals surface area (Å²) in [5, 5.41) is 2.73. The van der Waals surface area contributed by atoms with E-state index in [1.54, 1.807) is 0 Å². The summed E-state index contributed by atoms with van der Waals surface area (Å²) in [6, 6.07) is 14.3. The number of carbonyl (C=O) groups excluding carboxylic acids is 1. The minimum atomic E-state index is -4.70. The van der Waals surface area contributed by atoms with Crippen LogP contribution in [0.2, 0.25) is 0 Å². The van der Waals surface area contributed by atoms with E-state index in [4.69, 9.17) is 5.73 Å². The molecule has 0 bridgehead atoms. The summed E-state index contributed by atoms with van der Waals surface area (Å²) < 4.78 is 40.1. The van der Waals surface area contributed by atoms with Gasteiger partial charge in [-0.05, 0) is 36.1 Å². The first-order chi connectivity index (χ1) is 11.8. The van der Waals surface area contributed by atoms with Crippen LogP contribution in [0.5, 0.6) is 5.75 Å². The number of halogens is 3. The Bertz CT molecular complexity index is 673. The van der Waals surface area contributed by atoms with Crippen LogP contribution < -0.4 is 15.8 Å². The monoisotopic (exact) mass is 352 g/mol. The molecule has 0 aliphatic carbocycles. The van der Waals surface area contributed by atoms with E-state index in [1.165, 1.54) is 24.3 Å². The lowest BCUT2D eigenvalue weighted by molar-refractivity contribution is -0.274. The average molecular weight is 352 g/mol. The Morgan fingerprint density at radius 2 is 1.68 bits per heavy atom. The summed E-state index contributed by atoms with van der Waals surface area (Å²) in [5.41, 5.74) is 7.63. The smallest absolute Gasteiger partial charge is 0.406 e. The summed E-state index contributed by atoms with van der Waals surface area (Å²) in [6.45, 7) is 0.348. The van der Waals surface area contributed by atoms with Gasteiger partial charge in [0.25, 0.3) is 0 Å². The Balaban J connectivity index is 1.75. The van der Waals surface area contributed by atoms with Crippen LogP contribution in [0.4, 0.5) is 13.2 Å². The molecule has 134 valence electrons. The van der Waals surface area contributed by atoms with E-state index >= 15 is 0 Å². The molecule has 0 radical (unpaired) electrons. The molecule has 1 amide bonds. The maximum Gasteiger partial charge on any atom is 0.573 e. The molecule has 25 heavy (non-hydrogen) atoms. The second-order valence-corrected chi connectivity index (χ2v) is 5.53. The van der Waals surface area contributed by atoms with E-state index in [2.05, 4.69) is 10.1 Å². The van der Waals surface area contributed by atoms with Gasteiger partial charge in [-0.15, -0.1) is 13.2 Å². The molecular formula is C18H19F3N2O2. The zero-order chi connectivity index (χ0) is 18.3. The predicted molar refractivity (Wildman–Crippen MR) is 88.0 cm³/mol. The molecular weight excluding hydrogens is 333 g/mol. The number of rotatable bonds is 7. The molecule has 4 nitrogen and oxygen atoms in total. The fourth-order valence-corrected chi connectivity index (χ4v) is 2.28. The van der Waals surface area contributed by atoms with Gasteiger partial charge in [-0.3, -0.25) is 4.79 Å². The van der Waals surface area contributed by atoms with Gasteiger partial charge < -0.3 is 15.8 Å². The van der Waals surface area contributed by atoms with Crippen molar-refractivity contribution in [1.29, 1.82) is 0 Å². The van der Waals surface area contributed by atoms with Gasteiger partial charge >= 0.3 is 6.36 Å². The van der Waals surface area contributed by atoms with Crippen LogP contribution in [0.3, 0.4) is 0 Å². The van der Waals surface area contributed by atoms with Crippen molar-refractivity contribution < 1.29 is 22.7 Å². The molecule has 2 rings (SSSR count). The van der Waals surface area contributed by atoms with Crippen molar-refractivity contribution in [3.8, 4) is 5.75 Å². The summed E-state index contributed by atoms with van der Waals surface area (Å²) in [7, 11) is 0. The minimum Gasteiger partial charge on any atom is -0.406 e. The highest BCUT2D eigenvalue weighted by molar-refractivity contribution is 5.81. The first-order valence-corrected chi connectivity index (χ1v) is 7.75. The number of benzene rings is 2. The highest BCUT2D eigenvalue weighted by atomic mass is 19.4. The standard InChI is InChI=1S/C18H19F3N2O2/c19-18(20,21)25-15-8-6-13(7-9-15)10-11-23-17(24)16(22)12-14-4-2-1-3-5-14/h1-9,16H,10-12,22H2,(H,23,24)/t16-/m0/s1. The molecule has 2 aromatic carbocycles. The Morgan fingerprint density at radius 1 is 1.04 bits per heavy atom. The SMILES string of the molecule is N[C@@H](Cc1ccccc1)C(=O)NCCc1ccc(OC(F)(F)F)cc1. The van der Waals surface area contributed by atoms with Crippen molar-refractivity contribution >= 4 is 5.91 Å². The molecule has 0 aromatic heterocycles. The lowest BCUT2D eigenvalue weighted by Crippen LogP contribution is -2.42. The number of alkyl halides is 3. The van der Waals surface area contributed by atoms with Crippen LogP contribution in [0.1, 0.15) is 11.1 Å². The van der Waals surface area contributed by atoms with Crippen LogP contribution >= 0.6 is 0 Å². The van der Waals surface area contributed by atoms with Crippen LogP contribution in [0, 0.1) is 0 Å². The third-order valence-corrected chi connectivity index (χ3v) is 3.51. The Labute approximate surface area is 143 Å². The summed E-state index contributed by atoms with van der Waals surface area (Å²) >= 11 is 0. The van der Waals surface area contributed by atoms with E-state index in [1.807, 2.05) is 30.3 Å². The van der Waals surface area contributed by atoms with Gasteiger partial charge in [-0.2, -0.15) is 0 Å².